The van der Waals surface area contributed by atoms with Gasteiger partial charge in [-0.1, -0.05) is 49.9 Å². The number of rotatable bonds is 29. The Labute approximate surface area is 481 Å². The van der Waals surface area contributed by atoms with Crippen molar-refractivity contribution in [1.29, 1.82) is 0 Å². The molecule has 6 aromatic rings. The molecule has 4 aromatic carbocycles. The lowest BCUT2D eigenvalue weighted by Crippen LogP contribution is -2.43. The SMILES string of the molecule is CN[C@H](CCC(=O)NCCCCCCN1Cc2cc(C(=O)N(C)Cc3nc4ccccc4[nH]3)ccc2N[C@H](CC(=O)O)C1=O)C(=O)NCCCCCCN1Cc2cc(C(=O)N(C)Cc3nc4ccccc4[nH]3)ccc2N[C@@H](CC(=O)O)C1=O. The van der Waals surface area contributed by atoms with Gasteiger partial charge < -0.3 is 66.4 Å². The molecule has 23 heteroatoms. The van der Waals surface area contributed by atoms with E-state index in [9.17, 15) is 48.6 Å². The zero-order chi connectivity index (χ0) is 59.0. The zero-order valence-corrected chi connectivity index (χ0v) is 47.3. The zero-order valence-electron chi connectivity index (χ0n) is 47.3. The summed E-state index contributed by atoms with van der Waals surface area (Å²) in [6.07, 6.45) is 5.37. The van der Waals surface area contributed by atoms with Crippen LogP contribution in [0, 0.1) is 0 Å². The molecule has 9 N–H and O–H groups in total. The highest BCUT2D eigenvalue weighted by Gasteiger charge is 2.33. The minimum atomic E-state index is -1.11. The van der Waals surface area contributed by atoms with E-state index in [0.29, 0.717) is 104 Å². The summed E-state index contributed by atoms with van der Waals surface area (Å²) in [4.78, 5) is 126. The van der Waals surface area contributed by atoms with Crippen molar-refractivity contribution in [2.75, 3.05) is 58.0 Å². The maximum Gasteiger partial charge on any atom is 0.305 e. The Morgan fingerprint density at radius 3 is 1.51 bits per heavy atom. The molecule has 0 unspecified atom stereocenters. The van der Waals surface area contributed by atoms with Crippen LogP contribution in [0.15, 0.2) is 84.9 Å². The van der Waals surface area contributed by atoms with E-state index in [1.807, 2.05) is 48.5 Å². The summed E-state index contributed by atoms with van der Waals surface area (Å²) >= 11 is 0. The van der Waals surface area contributed by atoms with Crippen molar-refractivity contribution in [1.82, 2.24) is 55.5 Å². The van der Waals surface area contributed by atoms with Gasteiger partial charge >= 0.3 is 11.9 Å². The number of carboxylic acids is 2. The van der Waals surface area contributed by atoms with Crippen LogP contribution in [0.2, 0.25) is 0 Å². The number of aliphatic carboxylic acids is 2. The predicted octanol–water partition coefficient (Wildman–Crippen LogP) is 5.60. The number of nitrogens with zero attached hydrogens (tertiary/aromatic N) is 6. The van der Waals surface area contributed by atoms with Crippen molar-refractivity contribution < 1.29 is 48.6 Å². The van der Waals surface area contributed by atoms with Crippen molar-refractivity contribution in [3.05, 3.63) is 119 Å². The minimum Gasteiger partial charge on any atom is -0.481 e. The van der Waals surface area contributed by atoms with Crippen LogP contribution in [0.1, 0.15) is 121 Å². The fourth-order valence-electron chi connectivity index (χ4n) is 10.6. The Kier molecular flexibility index (Phi) is 20.8. The summed E-state index contributed by atoms with van der Waals surface area (Å²) < 4.78 is 0. The van der Waals surface area contributed by atoms with E-state index >= 15 is 0 Å². The number of carboxylic acid groups (broad SMARTS) is 2. The maximum atomic E-state index is 13.7. The average molecular weight is 1140 g/mol. The normalized spacial score (nSPS) is 15.3. The Hall–Kier alpha value is -8.86. The fraction of sp³-hybridized carbons (Fsp3) is 0.433. The number of fused-ring (bicyclic) bond motifs is 4. The first-order chi connectivity index (χ1) is 40.0. The van der Waals surface area contributed by atoms with E-state index in [1.165, 1.54) is 0 Å². The molecular formula is C60H75N13O10. The third-order valence-electron chi connectivity index (χ3n) is 15.1. The number of H-pyrrole nitrogens is 2. The Morgan fingerprint density at radius 1 is 0.614 bits per heavy atom. The smallest absolute Gasteiger partial charge is 0.305 e. The van der Waals surface area contributed by atoms with Crippen LogP contribution >= 0.6 is 0 Å². The van der Waals surface area contributed by atoms with Gasteiger partial charge in [-0.05, 0) is 111 Å². The molecule has 3 atom stereocenters. The van der Waals surface area contributed by atoms with Gasteiger partial charge in [0.05, 0.1) is 54.0 Å². The summed E-state index contributed by atoms with van der Waals surface area (Å²) in [5.74, 6) is -2.43. The highest BCUT2D eigenvalue weighted by Crippen LogP contribution is 2.29. The number of nitrogens with one attached hydrogen (secondary N) is 7. The van der Waals surface area contributed by atoms with E-state index in [-0.39, 0.29) is 68.0 Å². The van der Waals surface area contributed by atoms with Crippen molar-refractivity contribution in [2.24, 2.45) is 0 Å². The molecule has 2 aromatic heterocycles. The molecule has 23 nitrogen and oxygen atoms in total. The van der Waals surface area contributed by atoms with Gasteiger partial charge in [-0.25, -0.2) is 9.97 Å². The molecule has 0 bridgehead atoms. The van der Waals surface area contributed by atoms with Crippen molar-refractivity contribution in [3.8, 4) is 0 Å². The molecule has 440 valence electrons. The lowest BCUT2D eigenvalue weighted by atomic mass is 10.1. The predicted molar refractivity (Wildman–Crippen MR) is 312 cm³/mol. The van der Waals surface area contributed by atoms with Crippen LogP contribution in [-0.2, 0) is 54.9 Å². The molecule has 0 fully saturated rings. The standard InChI is InChI=1S/C60H75N13O10/c1-61-48(56(79)63-27-13-5-7-15-29-73-35-41-31-39(21-23-43(41)65-50(60(73)83)33-55(77)78)58(81)71(3)37-52-68-46-18-10-11-19-47(46)69-52)24-25-53(74)62-26-12-4-6-14-28-72-34-40-30-38(20-22-42(40)64-49(59(72)82)32-54(75)76)57(80)70(2)36-51-66-44-16-8-9-17-45(44)67-51/h8-11,16-23,30-31,48-50,61,64-65H,4-7,12-15,24-29,32-37H2,1-3H3,(H,62,74)(H,63,79)(H,66,67)(H,68,69)(H,75,76)(H,77,78)/t48-,49-,50+/m1/s1. The number of para-hydroxylation sites is 4. The number of aromatic amines is 2. The van der Waals surface area contributed by atoms with Crippen LogP contribution in [0.3, 0.4) is 0 Å². The second-order valence-electron chi connectivity index (χ2n) is 21.4. The summed E-state index contributed by atoms with van der Waals surface area (Å²) in [7, 11) is 5.06. The number of anilines is 2. The molecule has 8 rings (SSSR count). The lowest BCUT2D eigenvalue weighted by molar-refractivity contribution is -0.141. The van der Waals surface area contributed by atoms with E-state index in [4.69, 9.17) is 0 Å². The van der Waals surface area contributed by atoms with Gasteiger partial charge in [0.1, 0.15) is 23.7 Å². The number of unbranched alkanes of at least 4 members (excludes halogenated alkanes) is 6. The molecule has 6 amide bonds. The minimum absolute atomic E-state index is 0.147. The highest BCUT2D eigenvalue weighted by molar-refractivity contribution is 5.97. The monoisotopic (exact) mass is 1140 g/mol. The van der Waals surface area contributed by atoms with Crippen LogP contribution < -0.4 is 26.6 Å². The third kappa shape index (κ3) is 16.4. The number of carbonyl (C=O) groups excluding carboxylic acids is 6. The molecule has 4 heterocycles. The first-order valence-electron chi connectivity index (χ1n) is 28.4. The van der Waals surface area contributed by atoms with Gasteiger partial charge in [0.25, 0.3) is 11.8 Å². The van der Waals surface area contributed by atoms with Crippen LogP contribution in [0.4, 0.5) is 11.4 Å². The molecular weight excluding hydrogens is 1060 g/mol. The maximum absolute atomic E-state index is 13.7. The average Bonchev–Trinajstić information content (AvgIpc) is 4.28. The molecule has 0 spiro atoms. The Morgan fingerprint density at radius 2 is 1.06 bits per heavy atom. The molecule has 83 heavy (non-hydrogen) atoms. The van der Waals surface area contributed by atoms with Gasteiger partial charge in [0.15, 0.2) is 0 Å². The third-order valence-corrected chi connectivity index (χ3v) is 15.1. The van der Waals surface area contributed by atoms with E-state index in [0.717, 1.165) is 47.8 Å². The van der Waals surface area contributed by atoms with Gasteiger partial charge in [0, 0.05) is 82.3 Å². The summed E-state index contributed by atoms with van der Waals surface area (Å²) in [5, 5.41) is 34.4. The number of hydrogen-bond acceptors (Lipinski definition) is 13. The molecule has 0 saturated carbocycles. The van der Waals surface area contributed by atoms with Gasteiger partial charge in [0.2, 0.25) is 23.6 Å². The Bertz CT molecular complexity index is 3240. The summed E-state index contributed by atoms with van der Waals surface area (Å²) in [5.41, 5.74) is 6.83. The second kappa shape index (κ2) is 28.7. The number of hydrogen-bond donors (Lipinski definition) is 9. The second-order valence-corrected chi connectivity index (χ2v) is 21.4. The molecule has 2 aliphatic rings. The van der Waals surface area contributed by atoms with Crippen molar-refractivity contribution in [3.63, 3.8) is 0 Å². The van der Waals surface area contributed by atoms with Gasteiger partial charge in [-0.2, -0.15) is 0 Å². The van der Waals surface area contributed by atoms with Gasteiger partial charge in [-0.3, -0.25) is 38.4 Å². The van der Waals surface area contributed by atoms with Crippen molar-refractivity contribution in [2.45, 2.75) is 121 Å². The first kappa shape index (κ1) is 60.2. The highest BCUT2D eigenvalue weighted by atomic mass is 16.4. The number of imidazole rings is 2. The fourth-order valence-corrected chi connectivity index (χ4v) is 10.6. The Balaban J connectivity index is 0.709. The van der Waals surface area contributed by atoms with Crippen molar-refractivity contribution >= 4 is 80.8 Å². The number of aromatic nitrogens is 4. The number of amides is 6. The summed E-state index contributed by atoms with van der Waals surface area (Å²) in [6.45, 7) is 2.54. The summed E-state index contributed by atoms with van der Waals surface area (Å²) in [6, 6.07) is 23.0. The molecule has 0 radical (unpaired) electrons. The van der Waals surface area contributed by atoms with E-state index in [1.54, 1.807) is 77.1 Å². The molecule has 0 saturated heterocycles. The van der Waals surface area contributed by atoms with Gasteiger partial charge in [-0.15, -0.1) is 0 Å². The van der Waals surface area contributed by atoms with E-state index in [2.05, 4.69) is 46.5 Å². The van der Waals surface area contributed by atoms with Crippen LogP contribution in [0.5, 0.6) is 0 Å². The number of benzene rings is 4. The van der Waals surface area contributed by atoms with Crippen LogP contribution in [0.25, 0.3) is 22.1 Å². The largest absolute Gasteiger partial charge is 0.481 e. The lowest BCUT2D eigenvalue weighted by Gasteiger charge is -2.24. The quantitative estimate of drug-likeness (QED) is 0.0258. The first-order valence-corrected chi connectivity index (χ1v) is 28.4. The number of likely N-dealkylation sites (N-methyl/N-ethyl adjacent to an activating group) is 1. The molecule has 0 aliphatic carbocycles. The number of carbonyl (C=O) groups is 8. The topological polar surface area (TPSA) is 307 Å². The van der Waals surface area contributed by atoms with E-state index < -0.39 is 42.9 Å². The van der Waals surface area contributed by atoms with Crippen LogP contribution in [-0.4, -0.2) is 163 Å². The molecule has 2 aliphatic heterocycles.